The number of rotatable bonds is 6. The van der Waals surface area contributed by atoms with Crippen molar-refractivity contribution in [2.75, 3.05) is 7.05 Å². The molecule has 0 fully saturated rings. The lowest BCUT2D eigenvalue weighted by Crippen LogP contribution is -2.24. The average Bonchev–Trinajstić information content (AvgIpc) is 2.95. The van der Waals surface area contributed by atoms with Gasteiger partial charge in [-0.3, -0.25) is 0 Å². The van der Waals surface area contributed by atoms with Crippen LogP contribution in [-0.4, -0.2) is 20.4 Å². The van der Waals surface area contributed by atoms with Gasteiger partial charge in [0, 0.05) is 29.0 Å². The van der Waals surface area contributed by atoms with Crippen LogP contribution in [0.3, 0.4) is 0 Å². The Balaban J connectivity index is 2.20. The third kappa shape index (κ3) is 3.44. The maximum Gasteiger partial charge on any atom is 0.242 e. The predicted octanol–water partition coefficient (Wildman–Crippen LogP) is 2.02. The number of hydrogen-bond acceptors (Lipinski definition) is 6. The third-order valence-electron chi connectivity index (χ3n) is 2.70. The minimum atomic E-state index is -3.49. The van der Waals surface area contributed by atoms with E-state index in [1.807, 2.05) is 19.2 Å². The standard InChI is InChI=1S/C12H17N3O2S3/c1-8-7-18-11(6-13-3)12(8)20(16,17)15-5-10-4-14-9(2)19-10/h4,7,13,15H,5-6H2,1-3H3. The van der Waals surface area contributed by atoms with Gasteiger partial charge in [0.15, 0.2) is 0 Å². The smallest absolute Gasteiger partial charge is 0.242 e. The Bertz CT molecular complexity index is 689. The van der Waals surface area contributed by atoms with Gasteiger partial charge in [0.1, 0.15) is 4.90 Å². The van der Waals surface area contributed by atoms with Crippen LogP contribution in [0.2, 0.25) is 0 Å². The summed E-state index contributed by atoms with van der Waals surface area (Å²) in [5, 5.41) is 5.80. The molecule has 2 aromatic heterocycles. The molecule has 0 aliphatic carbocycles. The molecule has 2 rings (SSSR count). The van der Waals surface area contributed by atoms with Gasteiger partial charge in [-0.05, 0) is 31.8 Å². The Hall–Kier alpha value is -0.800. The van der Waals surface area contributed by atoms with E-state index >= 15 is 0 Å². The maximum atomic E-state index is 12.4. The first-order chi connectivity index (χ1) is 9.44. The summed E-state index contributed by atoms with van der Waals surface area (Å²) in [6.07, 6.45) is 1.71. The van der Waals surface area contributed by atoms with Crippen molar-refractivity contribution in [1.29, 1.82) is 0 Å². The lowest BCUT2D eigenvalue weighted by molar-refractivity contribution is 0.580. The molecule has 8 heteroatoms. The van der Waals surface area contributed by atoms with Crippen molar-refractivity contribution in [3.8, 4) is 0 Å². The van der Waals surface area contributed by atoms with E-state index in [1.54, 1.807) is 13.2 Å². The number of thiophene rings is 1. The first kappa shape index (κ1) is 15.6. The van der Waals surface area contributed by atoms with Crippen molar-refractivity contribution in [1.82, 2.24) is 15.0 Å². The monoisotopic (exact) mass is 331 g/mol. The Morgan fingerprint density at radius 1 is 1.30 bits per heavy atom. The van der Waals surface area contributed by atoms with Crippen LogP contribution >= 0.6 is 22.7 Å². The van der Waals surface area contributed by atoms with Gasteiger partial charge in [0.25, 0.3) is 0 Å². The van der Waals surface area contributed by atoms with Crippen LogP contribution in [0.4, 0.5) is 0 Å². The minimum Gasteiger partial charge on any atom is -0.315 e. The molecule has 20 heavy (non-hydrogen) atoms. The molecular formula is C12H17N3O2S3. The second-order valence-electron chi connectivity index (χ2n) is 4.37. The van der Waals surface area contributed by atoms with Crippen LogP contribution in [0.5, 0.6) is 0 Å². The Morgan fingerprint density at radius 3 is 2.65 bits per heavy atom. The molecule has 0 atom stereocenters. The van der Waals surface area contributed by atoms with Crippen LogP contribution in [-0.2, 0) is 23.1 Å². The summed E-state index contributed by atoms with van der Waals surface area (Å²) >= 11 is 2.96. The van der Waals surface area contributed by atoms with Crippen molar-refractivity contribution in [3.63, 3.8) is 0 Å². The van der Waals surface area contributed by atoms with Gasteiger partial charge in [-0.1, -0.05) is 0 Å². The van der Waals surface area contributed by atoms with E-state index in [0.717, 1.165) is 20.3 Å². The SMILES string of the molecule is CNCc1scc(C)c1S(=O)(=O)NCc1cnc(C)s1. The second kappa shape index (κ2) is 6.31. The average molecular weight is 331 g/mol. The molecule has 0 radical (unpaired) electrons. The second-order valence-corrected chi connectivity index (χ2v) is 8.36. The molecule has 2 aromatic rings. The number of aromatic nitrogens is 1. The van der Waals surface area contributed by atoms with Gasteiger partial charge < -0.3 is 5.32 Å². The lowest BCUT2D eigenvalue weighted by Gasteiger charge is -2.08. The van der Waals surface area contributed by atoms with E-state index < -0.39 is 10.0 Å². The number of aryl methyl sites for hydroxylation is 2. The zero-order valence-electron chi connectivity index (χ0n) is 11.6. The molecule has 5 nitrogen and oxygen atoms in total. The summed E-state index contributed by atoms with van der Waals surface area (Å²) in [5.74, 6) is 0. The van der Waals surface area contributed by atoms with E-state index in [4.69, 9.17) is 0 Å². The summed E-state index contributed by atoms with van der Waals surface area (Å²) in [6, 6.07) is 0. The molecule has 0 saturated carbocycles. The largest absolute Gasteiger partial charge is 0.315 e. The van der Waals surface area contributed by atoms with E-state index in [0.29, 0.717) is 11.4 Å². The predicted molar refractivity (Wildman–Crippen MR) is 82.7 cm³/mol. The van der Waals surface area contributed by atoms with Gasteiger partial charge in [-0.15, -0.1) is 22.7 Å². The molecule has 0 aromatic carbocycles. The first-order valence-electron chi connectivity index (χ1n) is 6.06. The molecule has 2 heterocycles. The molecule has 0 bridgehead atoms. The minimum absolute atomic E-state index is 0.280. The highest BCUT2D eigenvalue weighted by Gasteiger charge is 2.22. The van der Waals surface area contributed by atoms with Gasteiger partial charge in [-0.2, -0.15) is 0 Å². The van der Waals surface area contributed by atoms with Crippen LogP contribution < -0.4 is 10.0 Å². The fraction of sp³-hybridized carbons (Fsp3) is 0.417. The Labute approximate surface area is 127 Å². The summed E-state index contributed by atoms with van der Waals surface area (Å²) in [7, 11) is -1.69. The van der Waals surface area contributed by atoms with Crippen molar-refractivity contribution in [2.45, 2.75) is 31.8 Å². The number of sulfonamides is 1. The molecular weight excluding hydrogens is 314 g/mol. The Kier molecular flexibility index (Phi) is 4.92. The molecule has 2 N–H and O–H groups in total. The van der Waals surface area contributed by atoms with Crippen molar-refractivity contribution < 1.29 is 8.42 Å². The molecule has 0 spiro atoms. The van der Waals surface area contributed by atoms with Crippen molar-refractivity contribution in [2.24, 2.45) is 0 Å². The molecule has 0 aliphatic heterocycles. The summed E-state index contributed by atoms with van der Waals surface area (Å²) in [4.78, 5) is 6.26. The zero-order valence-corrected chi connectivity index (χ0v) is 14.0. The number of thiazole rings is 1. The molecule has 0 aliphatic rings. The third-order valence-corrected chi connectivity index (χ3v) is 6.48. The van der Waals surface area contributed by atoms with Crippen molar-refractivity contribution >= 4 is 32.7 Å². The molecule has 0 saturated heterocycles. The zero-order chi connectivity index (χ0) is 14.8. The molecule has 110 valence electrons. The highest BCUT2D eigenvalue weighted by atomic mass is 32.2. The number of hydrogen-bond donors (Lipinski definition) is 2. The van der Waals surface area contributed by atoms with Gasteiger partial charge in [-0.25, -0.2) is 18.1 Å². The van der Waals surface area contributed by atoms with E-state index in [2.05, 4.69) is 15.0 Å². The quantitative estimate of drug-likeness (QED) is 0.849. The molecule has 0 unspecified atom stereocenters. The van der Waals surface area contributed by atoms with Gasteiger partial charge in [0.05, 0.1) is 5.01 Å². The lowest BCUT2D eigenvalue weighted by atomic mass is 10.3. The van der Waals surface area contributed by atoms with Gasteiger partial charge in [0.2, 0.25) is 10.0 Å². The fourth-order valence-electron chi connectivity index (χ4n) is 1.86. The summed E-state index contributed by atoms with van der Waals surface area (Å²) in [5.41, 5.74) is 0.785. The van der Waals surface area contributed by atoms with Crippen molar-refractivity contribution in [3.05, 3.63) is 31.9 Å². The van der Waals surface area contributed by atoms with E-state index in [-0.39, 0.29) is 6.54 Å². The van der Waals surface area contributed by atoms with Crippen LogP contribution in [0.15, 0.2) is 16.5 Å². The van der Waals surface area contributed by atoms with E-state index in [1.165, 1.54) is 22.7 Å². The van der Waals surface area contributed by atoms with Gasteiger partial charge >= 0.3 is 0 Å². The number of nitrogens with one attached hydrogen (secondary N) is 2. The van der Waals surface area contributed by atoms with Crippen LogP contribution in [0.1, 0.15) is 20.3 Å². The topological polar surface area (TPSA) is 71.1 Å². The summed E-state index contributed by atoms with van der Waals surface area (Å²) < 4.78 is 27.5. The highest BCUT2D eigenvalue weighted by Crippen LogP contribution is 2.27. The molecule has 0 amide bonds. The fourth-order valence-corrected chi connectivity index (χ4v) is 5.51. The highest BCUT2D eigenvalue weighted by molar-refractivity contribution is 7.89. The Morgan fingerprint density at radius 2 is 2.05 bits per heavy atom. The number of nitrogens with zero attached hydrogens (tertiary/aromatic N) is 1. The first-order valence-corrected chi connectivity index (χ1v) is 9.24. The maximum absolute atomic E-state index is 12.4. The van der Waals surface area contributed by atoms with Crippen LogP contribution in [0.25, 0.3) is 0 Å². The normalized spacial score (nSPS) is 11.9. The van der Waals surface area contributed by atoms with E-state index in [9.17, 15) is 8.42 Å². The summed E-state index contributed by atoms with van der Waals surface area (Å²) in [6.45, 7) is 4.55. The van der Waals surface area contributed by atoms with Crippen LogP contribution in [0, 0.1) is 13.8 Å².